The van der Waals surface area contributed by atoms with E-state index in [-0.39, 0.29) is 6.10 Å². The molecule has 35 heavy (non-hydrogen) atoms. The maximum atomic E-state index is 11.2. The maximum absolute atomic E-state index is 11.2. The van der Waals surface area contributed by atoms with Crippen molar-refractivity contribution in [3.63, 3.8) is 0 Å². The molecule has 0 spiro atoms. The molecule has 0 saturated carbocycles. The largest absolute Gasteiger partial charge is 0.491 e. The maximum Gasteiger partial charge on any atom is 0.333 e. The fraction of sp³-hybridized carbons (Fsp3) is 0.300. The fourth-order valence-corrected chi connectivity index (χ4v) is 4.41. The molecular weight excluding hydrogens is 440 g/mol. The molecule has 3 aromatic carbocycles. The molecule has 1 N–H and O–H groups in total. The average Bonchev–Trinajstić information content (AvgIpc) is 3.02. The molecule has 0 aliphatic heterocycles. The molecule has 182 valence electrons. The van der Waals surface area contributed by atoms with Crippen LogP contribution in [-0.4, -0.2) is 37.5 Å². The second kappa shape index (κ2) is 11.8. The van der Waals surface area contributed by atoms with Crippen LogP contribution < -0.4 is 4.74 Å². The van der Waals surface area contributed by atoms with Crippen LogP contribution in [-0.2, 0) is 27.1 Å². The van der Waals surface area contributed by atoms with Gasteiger partial charge in [0, 0.05) is 13.5 Å². The molecule has 0 radical (unpaired) electrons. The summed E-state index contributed by atoms with van der Waals surface area (Å²) < 4.78 is 17.4. The Labute approximate surface area is 207 Å². The molecular formula is C30H32O5. The van der Waals surface area contributed by atoms with E-state index < -0.39 is 12.1 Å². The lowest BCUT2D eigenvalue weighted by atomic mass is 9.94. The topological polar surface area (TPSA) is 65.0 Å². The Morgan fingerprint density at radius 2 is 1.63 bits per heavy atom. The normalized spacial score (nSPS) is 15.1. The minimum Gasteiger partial charge on any atom is -0.491 e. The van der Waals surface area contributed by atoms with Gasteiger partial charge in [-0.25, -0.2) is 4.79 Å². The molecule has 5 heteroatoms. The first-order valence-electron chi connectivity index (χ1n) is 12.1. The van der Waals surface area contributed by atoms with E-state index in [2.05, 4.69) is 61.5 Å². The van der Waals surface area contributed by atoms with Crippen molar-refractivity contribution in [1.29, 1.82) is 0 Å². The molecule has 3 aromatic rings. The molecule has 0 fully saturated rings. The predicted octanol–water partition coefficient (Wildman–Crippen LogP) is 5.95. The Hall–Kier alpha value is -3.41. The van der Waals surface area contributed by atoms with Gasteiger partial charge >= 0.3 is 5.97 Å². The van der Waals surface area contributed by atoms with Crippen molar-refractivity contribution in [2.24, 2.45) is 0 Å². The van der Waals surface area contributed by atoms with Crippen LogP contribution in [0.2, 0.25) is 0 Å². The highest BCUT2D eigenvalue weighted by atomic mass is 16.5. The van der Waals surface area contributed by atoms with E-state index in [0.717, 1.165) is 35.3 Å². The van der Waals surface area contributed by atoms with Crippen LogP contribution in [0, 0.1) is 0 Å². The van der Waals surface area contributed by atoms with Gasteiger partial charge in [-0.1, -0.05) is 80.1 Å². The number of carbonyl (C=O) groups is 1. The summed E-state index contributed by atoms with van der Waals surface area (Å²) in [5.41, 5.74) is 6.89. The van der Waals surface area contributed by atoms with E-state index in [0.29, 0.717) is 19.6 Å². The summed E-state index contributed by atoms with van der Waals surface area (Å²) in [7, 11) is 1.40. The summed E-state index contributed by atoms with van der Waals surface area (Å²) in [5.74, 6) is -0.251. The average molecular weight is 473 g/mol. The number of hydrogen-bond donors (Lipinski definition) is 1. The first-order valence-corrected chi connectivity index (χ1v) is 12.1. The van der Waals surface area contributed by atoms with E-state index in [1.165, 1.54) is 23.8 Å². The van der Waals surface area contributed by atoms with Crippen LogP contribution in [0.25, 0.3) is 12.2 Å². The summed E-state index contributed by atoms with van der Waals surface area (Å²) >= 11 is 0. The molecule has 0 saturated heterocycles. The number of aryl methyl sites for hydroxylation is 1. The highest BCUT2D eigenvalue weighted by molar-refractivity contribution is 5.76. The minimum absolute atomic E-state index is 0.166. The molecule has 5 nitrogen and oxygen atoms in total. The lowest BCUT2D eigenvalue weighted by Crippen LogP contribution is -2.24. The third-order valence-electron chi connectivity index (χ3n) is 6.23. The van der Waals surface area contributed by atoms with E-state index in [4.69, 9.17) is 19.3 Å². The van der Waals surface area contributed by atoms with E-state index >= 15 is 0 Å². The van der Waals surface area contributed by atoms with Crippen LogP contribution >= 0.6 is 0 Å². The SMILES string of the molecule is CCCc1ccc2c(c1)C(OCCOc1ccc(CC(OC)C(=O)O)cc1)c1ccccc1C=C2. The zero-order valence-electron chi connectivity index (χ0n) is 20.3. The lowest BCUT2D eigenvalue weighted by molar-refractivity contribution is -0.148. The Morgan fingerprint density at radius 1 is 0.914 bits per heavy atom. The van der Waals surface area contributed by atoms with Crippen LogP contribution in [0.5, 0.6) is 5.75 Å². The summed E-state index contributed by atoms with van der Waals surface area (Å²) in [4.78, 5) is 11.2. The standard InChI is InChI=1S/C30H32O5/c1-3-6-21-9-12-24-14-13-23-7-4-5-8-26(23)29(27(24)19-21)35-18-17-34-25-15-10-22(11-16-25)20-28(33-2)30(31)32/h4-5,7-16,19,28-29H,3,6,17-18,20H2,1-2H3,(H,31,32). The van der Waals surface area contributed by atoms with Gasteiger partial charge in [0.15, 0.2) is 6.10 Å². The van der Waals surface area contributed by atoms with Crippen molar-refractivity contribution in [2.45, 2.75) is 38.4 Å². The Morgan fingerprint density at radius 3 is 2.34 bits per heavy atom. The van der Waals surface area contributed by atoms with E-state index in [1.54, 1.807) is 0 Å². The van der Waals surface area contributed by atoms with Crippen LogP contribution in [0.15, 0.2) is 66.7 Å². The van der Waals surface area contributed by atoms with Gasteiger partial charge < -0.3 is 19.3 Å². The smallest absolute Gasteiger partial charge is 0.333 e. The molecule has 1 aliphatic rings. The van der Waals surface area contributed by atoms with Crippen molar-refractivity contribution in [2.75, 3.05) is 20.3 Å². The number of carboxylic acids is 1. The molecule has 0 aromatic heterocycles. The third-order valence-corrected chi connectivity index (χ3v) is 6.23. The van der Waals surface area contributed by atoms with Crippen molar-refractivity contribution in [1.82, 2.24) is 0 Å². The van der Waals surface area contributed by atoms with Crippen LogP contribution in [0.4, 0.5) is 0 Å². The summed E-state index contributed by atoms with van der Waals surface area (Å²) in [6.45, 7) is 3.04. The van der Waals surface area contributed by atoms with Gasteiger partial charge in [-0.2, -0.15) is 0 Å². The van der Waals surface area contributed by atoms with Gasteiger partial charge in [0.05, 0.1) is 6.61 Å². The van der Waals surface area contributed by atoms with Crippen molar-refractivity contribution >= 4 is 18.1 Å². The summed E-state index contributed by atoms with van der Waals surface area (Å²) in [6.07, 6.45) is 5.77. The van der Waals surface area contributed by atoms with Gasteiger partial charge in [-0.05, 0) is 51.9 Å². The van der Waals surface area contributed by atoms with Gasteiger partial charge in [0.1, 0.15) is 18.5 Å². The van der Waals surface area contributed by atoms with Crippen molar-refractivity contribution < 1.29 is 24.1 Å². The van der Waals surface area contributed by atoms with Crippen LogP contribution in [0.3, 0.4) is 0 Å². The van der Waals surface area contributed by atoms with Gasteiger partial charge in [0.2, 0.25) is 0 Å². The number of hydrogen-bond acceptors (Lipinski definition) is 4. The van der Waals surface area contributed by atoms with Crippen molar-refractivity contribution in [3.8, 4) is 5.75 Å². The number of fused-ring (bicyclic) bond motifs is 2. The molecule has 0 heterocycles. The number of aliphatic carboxylic acids is 1. The molecule has 1 aliphatic carbocycles. The summed E-state index contributed by atoms with van der Waals surface area (Å²) in [5, 5.41) is 9.15. The monoisotopic (exact) mass is 472 g/mol. The molecule has 0 bridgehead atoms. The number of ether oxygens (including phenoxy) is 3. The van der Waals surface area contributed by atoms with E-state index in [9.17, 15) is 4.79 Å². The number of carboxylic acid groups (broad SMARTS) is 1. The Kier molecular flexibility index (Phi) is 8.35. The predicted molar refractivity (Wildman–Crippen MR) is 138 cm³/mol. The second-order valence-corrected chi connectivity index (χ2v) is 8.69. The summed E-state index contributed by atoms with van der Waals surface area (Å²) in [6, 6.07) is 22.5. The first kappa shape index (κ1) is 24.7. The molecule has 4 rings (SSSR count). The number of benzene rings is 3. The highest BCUT2D eigenvalue weighted by Gasteiger charge is 2.22. The third kappa shape index (κ3) is 6.18. The molecule has 0 amide bonds. The number of rotatable bonds is 11. The lowest BCUT2D eigenvalue weighted by Gasteiger charge is -2.22. The zero-order valence-corrected chi connectivity index (χ0v) is 20.3. The van der Waals surface area contributed by atoms with Crippen molar-refractivity contribution in [3.05, 3.63) is 100 Å². The molecule has 2 unspecified atom stereocenters. The number of methoxy groups -OCH3 is 1. The van der Waals surface area contributed by atoms with Crippen LogP contribution in [0.1, 0.15) is 52.8 Å². The zero-order chi connectivity index (χ0) is 24.6. The molecule has 2 atom stereocenters. The fourth-order valence-electron chi connectivity index (χ4n) is 4.41. The van der Waals surface area contributed by atoms with Gasteiger partial charge in [-0.3, -0.25) is 0 Å². The highest BCUT2D eigenvalue weighted by Crippen LogP contribution is 2.36. The van der Waals surface area contributed by atoms with E-state index in [1.807, 2.05) is 24.3 Å². The quantitative estimate of drug-likeness (QED) is 0.349. The van der Waals surface area contributed by atoms with Gasteiger partial charge in [0.25, 0.3) is 0 Å². The van der Waals surface area contributed by atoms with Gasteiger partial charge in [-0.15, -0.1) is 0 Å². The Bertz CT molecular complexity index is 1170. The first-order chi connectivity index (χ1) is 17.1. The Balaban J connectivity index is 1.42. The second-order valence-electron chi connectivity index (χ2n) is 8.69. The minimum atomic E-state index is -0.969.